The Labute approximate surface area is 132 Å². The van der Waals surface area contributed by atoms with Gasteiger partial charge in [-0.25, -0.2) is 0 Å². The average Bonchev–Trinajstić information content (AvgIpc) is 2.38. The highest BCUT2D eigenvalue weighted by atomic mass is 35.5. The zero-order chi connectivity index (χ0) is 15.4. The summed E-state index contributed by atoms with van der Waals surface area (Å²) >= 11 is 6.07. The number of halogens is 1. The van der Waals surface area contributed by atoms with E-state index in [-0.39, 0.29) is 23.8 Å². The zero-order valence-corrected chi connectivity index (χ0v) is 13.8. The molecule has 2 N–H and O–H groups in total. The third-order valence-electron chi connectivity index (χ3n) is 4.13. The lowest BCUT2D eigenvalue weighted by atomic mass is 9.87. The summed E-state index contributed by atoms with van der Waals surface area (Å²) in [7, 11) is 0. The Hall–Kier alpha value is -1.06. The van der Waals surface area contributed by atoms with Gasteiger partial charge in [0.25, 0.3) is 0 Å². The number of hydrogen-bond donors (Lipinski definition) is 2. The quantitative estimate of drug-likeness (QED) is 0.895. The normalized spacial score (nSPS) is 23.9. The van der Waals surface area contributed by atoms with E-state index in [1.807, 2.05) is 24.3 Å². The molecule has 0 spiro atoms. The van der Waals surface area contributed by atoms with Crippen molar-refractivity contribution in [3.05, 3.63) is 34.9 Å². The SMILES string of the molecule is CC1CC(NC(=O)C(c2cccc(Cl)c2)C(C)C)CCN1. The van der Waals surface area contributed by atoms with E-state index in [2.05, 4.69) is 31.4 Å². The Morgan fingerprint density at radius 2 is 2.19 bits per heavy atom. The Morgan fingerprint density at radius 1 is 1.43 bits per heavy atom. The van der Waals surface area contributed by atoms with Crippen molar-refractivity contribution < 1.29 is 4.79 Å². The first kappa shape index (κ1) is 16.3. The summed E-state index contributed by atoms with van der Waals surface area (Å²) in [6, 6.07) is 8.38. The molecule has 2 rings (SSSR count). The van der Waals surface area contributed by atoms with Crippen molar-refractivity contribution in [1.29, 1.82) is 0 Å². The van der Waals surface area contributed by atoms with Crippen molar-refractivity contribution >= 4 is 17.5 Å². The Morgan fingerprint density at radius 3 is 2.81 bits per heavy atom. The second-order valence-electron chi connectivity index (χ2n) is 6.36. The molecule has 0 aliphatic carbocycles. The summed E-state index contributed by atoms with van der Waals surface area (Å²) in [6.07, 6.45) is 1.99. The maximum atomic E-state index is 12.7. The fraction of sp³-hybridized carbons (Fsp3) is 0.588. The van der Waals surface area contributed by atoms with Crippen LogP contribution in [0.5, 0.6) is 0 Å². The highest BCUT2D eigenvalue weighted by Gasteiger charge is 2.27. The molecule has 1 aromatic carbocycles. The van der Waals surface area contributed by atoms with Gasteiger partial charge in [0.1, 0.15) is 0 Å². The molecule has 4 heteroatoms. The van der Waals surface area contributed by atoms with Crippen LogP contribution in [-0.2, 0) is 4.79 Å². The van der Waals surface area contributed by atoms with Crippen molar-refractivity contribution in [3.63, 3.8) is 0 Å². The van der Waals surface area contributed by atoms with Gasteiger partial charge in [0, 0.05) is 17.1 Å². The van der Waals surface area contributed by atoms with E-state index in [9.17, 15) is 4.79 Å². The molecular formula is C17H25ClN2O. The van der Waals surface area contributed by atoms with Gasteiger partial charge in [-0.05, 0) is 49.9 Å². The number of carbonyl (C=O) groups excluding carboxylic acids is 1. The molecule has 0 bridgehead atoms. The highest BCUT2D eigenvalue weighted by Crippen LogP contribution is 2.27. The van der Waals surface area contributed by atoms with Crippen LogP contribution in [0.25, 0.3) is 0 Å². The maximum absolute atomic E-state index is 12.7. The number of rotatable bonds is 4. The average molecular weight is 309 g/mol. The third-order valence-corrected chi connectivity index (χ3v) is 4.36. The lowest BCUT2D eigenvalue weighted by molar-refractivity contribution is -0.124. The van der Waals surface area contributed by atoms with Gasteiger partial charge in [-0.2, -0.15) is 0 Å². The molecule has 1 amide bonds. The molecule has 3 atom stereocenters. The van der Waals surface area contributed by atoms with Crippen LogP contribution in [0, 0.1) is 5.92 Å². The molecule has 1 saturated heterocycles. The molecule has 0 saturated carbocycles. The van der Waals surface area contributed by atoms with Gasteiger partial charge >= 0.3 is 0 Å². The minimum absolute atomic E-state index is 0.117. The second kappa shape index (κ2) is 7.28. The Bertz CT molecular complexity index is 489. The van der Waals surface area contributed by atoms with E-state index in [1.165, 1.54) is 0 Å². The van der Waals surface area contributed by atoms with Gasteiger partial charge < -0.3 is 10.6 Å². The number of piperidine rings is 1. The first-order valence-electron chi connectivity index (χ1n) is 7.76. The Balaban J connectivity index is 2.09. The molecule has 3 unspecified atom stereocenters. The summed E-state index contributed by atoms with van der Waals surface area (Å²) in [5.41, 5.74) is 0.997. The van der Waals surface area contributed by atoms with Crippen LogP contribution in [0.3, 0.4) is 0 Å². The first-order chi connectivity index (χ1) is 9.97. The smallest absolute Gasteiger partial charge is 0.228 e. The summed E-state index contributed by atoms with van der Waals surface area (Å²) in [6.45, 7) is 7.29. The number of amides is 1. The van der Waals surface area contributed by atoms with Crippen LogP contribution < -0.4 is 10.6 Å². The monoisotopic (exact) mass is 308 g/mol. The second-order valence-corrected chi connectivity index (χ2v) is 6.80. The Kier molecular flexibility index (Phi) is 5.65. The van der Waals surface area contributed by atoms with Crippen molar-refractivity contribution in [3.8, 4) is 0 Å². The van der Waals surface area contributed by atoms with Gasteiger partial charge in [0.05, 0.1) is 5.92 Å². The lowest BCUT2D eigenvalue weighted by Gasteiger charge is -2.31. The lowest BCUT2D eigenvalue weighted by Crippen LogP contribution is -2.48. The van der Waals surface area contributed by atoms with Crippen molar-refractivity contribution in [2.45, 2.75) is 51.6 Å². The van der Waals surface area contributed by atoms with Crippen LogP contribution in [0.2, 0.25) is 5.02 Å². The van der Waals surface area contributed by atoms with E-state index in [0.29, 0.717) is 11.1 Å². The first-order valence-corrected chi connectivity index (χ1v) is 8.14. The molecule has 1 aromatic rings. The molecule has 0 aromatic heterocycles. The molecular weight excluding hydrogens is 284 g/mol. The predicted octanol–water partition coefficient (Wildman–Crippen LogP) is 3.34. The van der Waals surface area contributed by atoms with E-state index < -0.39 is 0 Å². The van der Waals surface area contributed by atoms with Crippen molar-refractivity contribution in [2.75, 3.05) is 6.54 Å². The minimum atomic E-state index is -0.145. The van der Waals surface area contributed by atoms with Crippen molar-refractivity contribution in [1.82, 2.24) is 10.6 Å². The number of carbonyl (C=O) groups is 1. The van der Waals surface area contributed by atoms with E-state index in [1.54, 1.807) is 0 Å². The van der Waals surface area contributed by atoms with E-state index in [4.69, 9.17) is 11.6 Å². The standard InChI is InChI=1S/C17H25ClN2O/c1-11(2)16(13-5-4-6-14(18)10-13)17(21)20-15-7-8-19-12(3)9-15/h4-6,10-12,15-16,19H,7-9H2,1-3H3,(H,20,21). The molecule has 1 aliphatic rings. The number of hydrogen-bond acceptors (Lipinski definition) is 2. The molecule has 0 radical (unpaired) electrons. The van der Waals surface area contributed by atoms with Crippen LogP contribution in [0.15, 0.2) is 24.3 Å². The summed E-state index contributed by atoms with van der Waals surface area (Å²) in [4.78, 5) is 12.7. The number of benzene rings is 1. The molecule has 1 heterocycles. The highest BCUT2D eigenvalue weighted by molar-refractivity contribution is 6.30. The minimum Gasteiger partial charge on any atom is -0.353 e. The fourth-order valence-corrected chi connectivity index (χ4v) is 3.29. The van der Waals surface area contributed by atoms with Gasteiger partial charge in [-0.1, -0.05) is 37.6 Å². The van der Waals surface area contributed by atoms with Crippen molar-refractivity contribution in [2.24, 2.45) is 5.92 Å². The molecule has 116 valence electrons. The van der Waals surface area contributed by atoms with Crippen LogP contribution in [0.1, 0.15) is 45.1 Å². The van der Waals surface area contributed by atoms with Crippen LogP contribution in [0.4, 0.5) is 0 Å². The summed E-state index contributed by atoms with van der Waals surface area (Å²) < 4.78 is 0. The van der Waals surface area contributed by atoms with Crippen LogP contribution >= 0.6 is 11.6 Å². The van der Waals surface area contributed by atoms with Gasteiger partial charge in [0.2, 0.25) is 5.91 Å². The maximum Gasteiger partial charge on any atom is 0.228 e. The zero-order valence-electron chi connectivity index (χ0n) is 13.0. The van der Waals surface area contributed by atoms with Crippen LogP contribution in [-0.4, -0.2) is 24.5 Å². The largest absolute Gasteiger partial charge is 0.353 e. The third kappa shape index (κ3) is 4.45. The topological polar surface area (TPSA) is 41.1 Å². The summed E-state index contributed by atoms with van der Waals surface area (Å²) in [5, 5.41) is 7.32. The molecule has 1 aliphatic heterocycles. The predicted molar refractivity (Wildman–Crippen MR) is 87.7 cm³/mol. The van der Waals surface area contributed by atoms with Gasteiger partial charge in [-0.3, -0.25) is 4.79 Å². The van der Waals surface area contributed by atoms with E-state index >= 15 is 0 Å². The number of nitrogens with one attached hydrogen (secondary N) is 2. The fourth-order valence-electron chi connectivity index (χ4n) is 3.09. The van der Waals surface area contributed by atoms with Gasteiger partial charge in [0.15, 0.2) is 0 Å². The summed E-state index contributed by atoms with van der Waals surface area (Å²) in [5.74, 6) is 0.211. The van der Waals surface area contributed by atoms with Gasteiger partial charge in [-0.15, -0.1) is 0 Å². The molecule has 3 nitrogen and oxygen atoms in total. The molecule has 1 fully saturated rings. The van der Waals surface area contributed by atoms with E-state index in [0.717, 1.165) is 24.9 Å². The molecule has 21 heavy (non-hydrogen) atoms.